The third kappa shape index (κ3) is 2.82. The molecule has 0 aliphatic heterocycles. The van der Waals surface area contributed by atoms with E-state index in [1.54, 1.807) is 6.92 Å². The van der Waals surface area contributed by atoms with Gasteiger partial charge in [-0.05, 0) is 36.8 Å². The second-order valence-corrected chi connectivity index (χ2v) is 4.41. The Hall–Kier alpha value is -1.88. The van der Waals surface area contributed by atoms with Crippen LogP contribution in [0.5, 0.6) is 0 Å². The summed E-state index contributed by atoms with van der Waals surface area (Å²) in [5, 5.41) is 0. The third-order valence-electron chi connectivity index (χ3n) is 3.02. The summed E-state index contributed by atoms with van der Waals surface area (Å²) >= 11 is 0. The van der Waals surface area contributed by atoms with Crippen LogP contribution in [0.4, 0.5) is 13.2 Å². The SMILES string of the molecule is CCOC1(F)C=CC(c2cc(F)ccc2F)=C(C=O)C1. The fraction of sp³-hybridized carbons (Fsp3) is 0.267. The van der Waals surface area contributed by atoms with Crippen molar-refractivity contribution < 1.29 is 22.7 Å². The number of carbonyl (C=O) groups is 1. The van der Waals surface area contributed by atoms with Crippen molar-refractivity contribution in [1.82, 2.24) is 0 Å². The molecule has 1 atom stereocenters. The lowest BCUT2D eigenvalue weighted by Crippen LogP contribution is -2.27. The molecule has 0 bridgehead atoms. The van der Waals surface area contributed by atoms with Crippen LogP contribution in [-0.4, -0.2) is 18.7 Å². The van der Waals surface area contributed by atoms with Crippen molar-refractivity contribution in [3.05, 3.63) is 53.1 Å². The number of rotatable bonds is 4. The van der Waals surface area contributed by atoms with Gasteiger partial charge in [-0.3, -0.25) is 4.79 Å². The Labute approximate surface area is 114 Å². The van der Waals surface area contributed by atoms with Crippen LogP contribution in [0.2, 0.25) is 0 Å². The second-order valence-electron chi connectivity index (χ2n) is 4.41. The van der Waals surface area contributed by atoms with Crippen LogP contribution in [0.25, 0.3) is 5.57 Å². The summed E-state index contributed by atoms with van der Waals surface area (Å²) in [7, 11) is 0. The van der Waals surface area contributed by atoms with Crippen LogP contribution in [0, 0.1) is 11.6 Å². The normalized spacial score (nSPS) is 22.2. The van der Waals surface area contributed by atoms with Crippen LogP contribution in [0.15, 0.2) is 35.9 Å². The van der Waals surface area contributed by atoms with Crippen molar-refractivity contribution in [1.29, 1.82) is 0 Å². The van der Waals surface area contributed by atoms with E-state index >= 15 is 0 Å². The van der Waals surface area contributed by atoms with Crippen LogP contribution in [-0.2, 0) is 9.53 Å². The van der Waals surface area contributed by atoms with Gasteiger partial charge in [-0.15, -0.1) is 0 Å². The average molecular weight is 282 g/mol. The Morgan fingerprint density at radius 1 is 1.40 bits per heavy atom. The summed E-state index contributed by atoms with van der Waals surface area (Å²) in [6, 6.07) is 2.92. The predicted octanol–water partition coefficient (Wildman–Crippen LogP) is 3.58. The molecule has 0 fully saturated rings. The predicted molar refractivity (Wildman–Crippen MR) is 68.6 cm³/mol. The van der Waals surface area contributed by atoms with Gasteiger partial charge in [0.2, 0.25) is 5.85 Å². The van der Waals surface area contributed by atoms with E-state index in [0.717, 1.165) is 24.3 Å². The molecule has 106 valence electrons. The zero-order valence-electron chi connectivity index (χ0n) is 10.8. The maximum Gasteiger partial charge on any atom is 0.232 e. The lowest BCUT2D eigenvalue weighted by Gasteiger charge is -2.26. The Morgan fingerprint density at radius 2 is 2.15 bits per heavy atom. The zero-order valence-corrected chi connectivity index (χ0v) is 10.8. The topological polar surface area (TPSA) is 26.3 Å². The molecular formula is C15H13F3O2. The highest BCUT2D eigenvalue weighted by atomic mass is 19.2. The summed E-state index contributed by atoms with van der Waals surface area (Å²) < 4.78 is 46.1. The maximum absolute atomic E-state index is 14.2. The second kappa shape index (κ2) is 5.63. The van der Waals surface area contributed by atoms with E-state index in [-0.39, 0.29) is 29.7 Å². The number of carbonyl (C=O) groups excluding carboxylic acids is 1. The molecule has 5 heteroatoms. The molecule has 1 aliphatic rings. The number of hydrogen-bond acceptors (Lipinski definition) is 2. The molecule has 1 unspecified atom stereocenters. The lowest BCUT2D eigenvalue weighted by molar-refractivity contribution is -0.112. The number of halogens is 3. The quantitative estimate of drug-likeness (QED) is 0.789. The molecule has 0 aromatic heterocycles. The van der Waals surface area contributed by atoms with Gasteiger partial charge in [-0.2, -0.15) is 0 Å². The Kier molecular flexibility index (Phi) is 4.09. The molecule has 2 nitrogen and oxygen atoms in total. The van der Waals surface area contributed by atoms with Gasteiger partial charge in [-0.1, -0.05) is 6.08 Å². The van der Waals surface area contributed by atoms with E-state index in [2.05, 4.69) is 0 Å². The first-order valence-electron chi connectivity index (χ1n) is 6.15. The lowest BCUT2D eigenvalue weighted by atomic mass is 9.90. The summed E-state index contributed by atoms with van der Waals surface area (Å²) in [4.78, 5) is 11.1. The molecule has 0 saturated carbocycles. The van der Waals surface area contributed by atoms with Gasteiger partial charge in [0.25, 0.3) is 0 Å². The molecule has 0 heterocycles. The molecule has 1 aromatic rings. The molecule has 1 aromatic carbocycles. The van der Waals surface area contributed by atoms with E-state index in [1.165, 1.54) is 6.08 Å². The van der Waals surface area contributed by atoms with E-state index in [1.807, 2.05) is 0 Å². The first-order valence-corrected chi connectivity index (χ1v) is 6.15. The van der Waals surface area contributed by atoms with Gasteiger partial charge in [0, 0.05) is 24.2 Å². The van der Waals surface area contributed by atoms with E-state index in [0.29, 0.717) is 6.29 Å². The number of allylic oxidation sites excluding steroid dienone is 2. The largest absolute Gasteiger partial charge is 0.343 e. The fourth-order valence-corrected chi connectivity index (χ4v) is 2.14. The molecule has 0 saturated heterocycles. The van der Waals surface area contributed by atoms with Crippen molar-refractivity contribution in [3.8, 4) is 0 Å². The van der Waals surface area contributed by atoms with Gasteiger partial charge in [-0.25, -0.2) is 13.2 Å². The number of ether oxygens (including phenoxy) is 1. The minimum atomic E-state index is -2.09. The molecule has 0 amide bonds. The van der Waals surface area contributed by atoms with Gasteiger partial charge in [0.1, 0.15) is 17.9 Å². The van der Waals surface area contributed by atoms with Crippen molar-refractivity contribution in [3.63, 3.8) is 0 Å². The molecule has 1 aliphatic carbocycles. The highest BCUT2D eigenvalue weighted by Gasteiger charge is 2.33. The number of hydrogen-bond donors (Lipinski definition) is 0. The monoisotopic (exact) mass is 282 g/mol. The number of benzene rings is 1. The maximum atomic E-state index is 14.2. The van der Waals surface area contributed by atoms with Crippen molar-refractivity contribution in [2.45, 2.75) is 19.2 Å². The first-order chi connectivity index (χ1) is 9.49. The Balaban J connectivity index is 2.46. The molecule has 0 spiro atoms. The van der Waals surface area contributed by atoms with Crippen molar-refractivity contribution >= 4 is 11.9 Å². The minimum absolute atomic E-state index is 0.0351. The van der Waals surface area contributed by atoms with Gasteiger partial charge in [0.15, 0.2) is 0 Å². The highest BCUT2D eigenvalue weighted by Crippen LogP contribution is 2.35. The van der Waals surface area contributed by atoms with Crippen molar-refractivity contribution in [2.75, 3.05) is 6.61 Å². The summed E-state index contributed by atoms with van der Waals surface area (Å²) in [6.45, 7) is 1.76. The fourth-order valence-electron chi connectivity index (χ4n) is 2.14. The molecule has 20 heavy (non-hydrogen) atoms. The summed E-state index contributed by atoms with van der Waals surface area (Å²) in [5.74, 6) is -3.39. The van der Waals surface area contributed by atoms with Gasteiger partial charge < -0.3 is 4.74 Å². The average Bonchev–Trinajstić information content (AvgIpc) is 2.42. The van der Waals surface area contributed by atoms with E-state index in [9.17, 15) is 18.0 Å². The number of aldehydes is 1. The van der Waals surface area contributed by atoms with Crippen LogP contribution >= 0.6 is 0 Å². The standard InChI is InChI=1S/C15H13F3O2/c1-2-20-15(18)6-5-12(10(8-15)9-19)13-7-11(16)3-4-14(13)17/h3-7,9H,2,8H2,1H3. The minimum Gasteiger partial charge on any atom is -0.343 e. The first kappa shape index (κ1) is 14.5. The highest BCUT2D eigenvalue weighted by molar-refractivity contribution is 5.93. The molecule has 0 radical (unpaired) electrons. The molecule has 0 N–H and O–H groups in total. The molecule has 2 rings (SSSR count). The van der Waals surface area contributed by atoms with Crippen molar-refractivity contribution in [2.24, 2.45) is 0 Å². The zero-order chi connectivity index (χ0) is 14.8. The Bertz CT molecular complexity index is 593. The van der Waals surface area contributed by atoms with E-state index in [4.69, 9.17) is 4.74 Å². The van der Waals surface area contributed by atoms with Crippen LogP contribution < -0.4 is 0 Å². The van der Waals surface area contributed by atoms with Gasteiger partial charge in [0.05, 0.1) is 0 Å². The number of alkyl halides is 1. The summed E-state index contributed by atoms with van der Waals surface area (Å²) in [6.07, 6.45) is 2.48. The van der Waals surface area contributed by atoms with Crippen LogP contribution in [0.1, 0.15) is 18.9 Å². The Morgan fingerprint density at radius 3 is 2.80 bits per heavy atom. The van der Waals surface area contributed by atoms with Crippen LogP contribution in [0.3, 0.4) is 0 Å². The third-order valence-corrected chi connectivity index (χ3v) is 3.02. The smallest absolute Gasteiger partial charge is 0.232 e. The van der Waals surface area contributed by atoms with Gasteiger partial charge >= 0.3 is 0 Å². The van der Waals surface area contributed by atoms with E-state index < -0.39 is 17.5 Å². The molecular weight excluding hydrogens is 269 g/mol. The summed E-state index contributed by atoms with van der Waals surface area (Å²) in [5.41, 5.74) is 0.139.